The van der Waals surface area contributed by atoms with Gasteiger partial charge in [-0.2, -0.15) is 0 Å². The van der Waals surface area contributed by atoms with E-state index in [-0.39, 0.29) is 30.8 Å². The number of halogens is 1. The van der Waals surface area contributed by atoms with E-state index in [4.69, 9.17) is 9.47 Å². The molecule has 7 heteroatoms. The standard InChI is InChI=1S/C23H21FN2O4/c1-29-20-7-4-6-18(13-20)26-22(27)15-30-19-11-9-16(10-12-19)23(28)25-14-17-5-2-3-8-21(17)24/h2-13H,14-15H2,1H3,(H,25,28)(H,26,27). The predicted octanol–water partition coefficient (Wildman–Crippen LogP) is 3.78. The third-order valence-electron chi connectivity index (χ3n) is 4.24. The lowest BCUT2D eigenvalue weighted by atomic mass is 10.2. The number of ether oxygens (including phenoxy) is 2. The molecule has 0 fully saturated rings. The maximum Gasteiger partial charge on any atom is 0.262 e. The van der Waals surface area contributed by atoms with Gasteiger partial charge in [0.1, 0.15) is 17.3 Å². The van der Waals surface area contributed by atoms with Crippen LogP contribution in [0.2, 0.25) is 0 Å². The number of anilines is 1. The summed E-state index contributed by atoms with van der Waals surface area (Å²) in [6, 6.07) is 19.6. The highest BCUT2D eigenvalue weighted by Gasteiger charge is 2.09. The molecule has 0 bridgehead atoms. The van der Waals surface area contributed by atoms with Crippen molar-refractivity contribution in [2.24, 2.45) is 0 Å². The maximum atomic E-state index is 13.6. The van der Waals surface area contributed by atoms with Gasteiger partial charge in [0.05, 0.1) is 7.11 Å². The zero-order chi connectivity index (χ0) is 21.3. The average molecular weight is 408 g/mol. The number of carbonyl (C=O) groups is 2. The maximum absolute atomic E-state index is 13.6. The topological polar surface area (TPSA) is 76.7 Å². The Balaban J connectivity index is 1.48. The molecular formula is C23H21FN2O4. The molecule has 0 aliphatic rings. The van der Waals surface area contributed by atoms with Gasteiger partial charge in [-0.3, -0.25) is 9.59 Å². The van der Waals surface area contributed by atoms with E-state index in [0.29, 0.717) is 28.3 Å². The minimum atomic E-state index is -0.367. The van der Waals surface area contributed by atoms with E-state index in [2.05, 4.69) is 10.6 Å². The quantitative estimate of drug-likeness (QED) is 0.595. The fourth-order valence-electron chi connectivity index (χ4n) is 2.67. The lowest BCUT2D eigenvalue weighted by molar-refractivity contribution is -0.118. The molecule has 2 N–H and O–H groups in total. The van der Waals surface area contributed by atoms with Crippen LogP contribution in [0.4, 0.5) is 10.1 Å². The van der Waals surface area contributed by atoms with Gasteiger partial charge in [0.15, 0.2) is 6.61 Å². The molecule has 2 amide bonds. The molecule has 6 nitrogen and oxygen atoms in total. The van der Waals surface area contributed by atoms with Crippen molar-refractivity contribution in [1.82, 2.24) is 5.32 Å². The Labute approximate surface area is 173 Å². The summed E-state index contributed by atoms with van der Waals surface area (Å²) in [4.78, 5) is 24.2. The Morgan fingerprint density at radius 1 is 0.933 bits per heavy atom. The monoisotopic (exact) mass is 408 g/mol. The van der Waals surface area contributed by atoms with Gasteiger partial charge in [0.25, 0.3) is 11.8 Å². The van der Waals surface area contributed by atoms with E-state index in [1.807, 2.05) is 0 Å². The molecule has 3 aromatic carbocycles. The highest BCUT2D eigenvalue weighted by molar-refractivity contribution is 5.94. The number of methoxy groups -OCH3 is 1. The van der Waals surface area contributed by atoms with Crippen molar-refractivity contribution in [3.05, 3.63) is 89.7 Å². The Morgan fingerprint density at radius 2 is 1.70 bits per heavy atom. The molecule has 30 heavy (non-hydrogen) atoms. The van der Waals surface area contributed by atoms with Gasteiger partial charge in [0, 0.05) is 29.4 Å². The van der Waals surface area contributed by atoms with Gasteiger partial charge in [-0.05, 0) is 42.5 Å². The molecule has 0 heterocycles. The van der Waals surface area contributed by atoms with Gasteiger partial charge in [-0.1, -0.05) is 24.3 Å². The van der Waals surface area contributed by atoms with Crippen LogP contribution in [0, 0.1) is 5.82 Å². The first-order valence-corrected chi connectivity index (χ1v) is 9.23. The summed E-state index contributed by atoms with van der Waals surface area (Å²) in [5.41, 5.74) is 1.41. The average Bonchev–Trinajstić information content (AvgIpc) is 2.77. The Hall–Kier alpha value is -3.87. The van der Waals surface area contributed by atoms with E-state index < -0.39 is 0 Å². The molecular weight excluding hydrogens is 387 g/mol. The summed E-state index contributed by atoms with van der Waals surface area (Å²) in [7, 11) is 1.55. The van der Waals surface area contributed by atoms with Crippen LogP contribution in [0.3, 0.4) is 0 Å². The molecule has 0 radical (unpaired) electrons. The first kappa shape index (κ1) is 20.9. The number of hydrogen-bond donors (Lipinski definition) is 2. The van der Waals surface area contributed by atoms with Gasteiger partial charge in [-0.15, -0.1) is 0 Å². The summed E-state index contributed by atoms with van der Waals surface area (Å²) in [5, 5.41) is 5.38. The van der Waals surface area contributed by atoms with E-state index >= 15 is 0 Å². The number of nitrogens with one attached hydrogen (secondary N) is 2. The summed E-state index contributed by atoms with van der Waals surface area (Å²) < 4.78 is 24.2. The van der Waals surface area contributed by atoms with Crippen molar-refractivity contribution in [3.8, 4) is 11.5 Å². The number of hydrogen-bond acceptors (Lipinski definition) is 4. The van der Waals surface area contributed by atoms with Crippen LogP contribution in [0.1, 0.15) is 15.9 Å². The second kappa shape index (κ2) is 10.1. The molecule has 0 saturated heterocycles. The van der Waals surface area contributed by atoms with Gasteiger partial charge < -0.3 is 20.1 Å². The van der Waals surface area contributed by atoms with Crippen LogP contribution in [-0.2, 0) is 11.3 Å². The van der Waals surface area contributed by atoms with Crippen LogP contribution < -0.4 is 20.1 Å². The van der Waals surface area contributed by atoms with Crippen molar-refractivity contribution in [2.75, 3.05) is 19.0 Å². The van der Waals surface area contributed by atoms with Crippen molar-refractivity contribution in [3.63, 3.8) is 0 Å². The SMILES string of the molecule is COc1cccc(NC(=O)COc2ccc(C(=O)NCc3ccccc3F)cc2)c1. The highest BCUT2D eigenvalue weighted by Crippen LogP contribution is 2.17. The van der Waals surface area contributed by atoms with Crippen LogP contribution in [-0.4, -0.2) is 25.5 Å². The fraction of sp³-hybridized carbons (Fsp3) is 0.130. The third kappa shape index (κ3) is 5.81. The second-order valence-corrected chi connectivity index (χ2v) is 6.37. The Morgan fingerprint density at radius 3 is 2.43 bits per heavy atom. The van der Waals surface area contributed by atoms with Crippen molar-refractivity contribution in [2.45, 2.75) is 6.54 Å². The first-order chi connectivity index (χ1) is 14.5. The largest absolute Gasteiger partial charge is 0.497 e. The fourth-order valence-corrected chi connectivity index (χ4v) is 2.67. The zero-order valence-corrected chi connectivity index (χ0v) is 16.4. The number of amides is 2. The molecule has 0 aliphatic heterocycles. The van der Waals surface area contributed by atoms with Crippen LogP contribution in [0.5, 0.6) is 11.5 Å². The minimum absolute atomic E-state index is 0.0915. The lowest BCUT2D eigenvalue weighted by Gasteiger charge is -2.09. The van der Waals surface area contributed by atoms with Crippen LogP contribution in [0.15, 0.2) is 72.8 Å². The van der Waals surface area contributed by atoms with E-state index in [1.165, 1.54) is 6.07 Å². The summed E-state index contributed by atoms with van der Waals surface area (Å²) >= 11 is 0. The molecule has 0 unspecified atom stereocenters. The Kier molecular flexibility index (Phi) is 7.00. The van der Waals surface area contributed by atoms with E-state index in [0.717, 1.165) is 0 Å². The van der Waals surface area contributed by atoms with Gasteiger partial charge in [-0.25, -0.2) is 4.39 Å². The van der Waals surface area contributed by atoms with Crippen molar-refractivity contribution in [1.29, 1.82) is 0 Å². The molecule has 0 aliphatic carbocycles. The first-order valence-electron chi connectivity index (χ1n) is 9.23. The van der Waals surface area contributed by atoms with Crippen molar-refractivity contribution < 1.29 is 23.5 Å². The minimum Gasteiger partial charge on any atom is -0.497 e. The van der Waals surface area contributed by atoms with E-state index in [9.17, 15) is 14.0 Å². The third-order valence-corrected chi connectivity index (χ3v) is 4.24. The highest BCUT2D eigenvalue weighted by atomic mass is 19.1. The molecule has 154 valence electrons. The Bertz CT molecular complexity index is 1020. The molecule has 0 aromatic heterocycles. The van der Waals surface area contributed by atoms with Crippen molar-refractivity contribution >= 4 is 17.5 Å². The number of benzene rings is 3. The smallest absolute Gasteiger partial charge is 0.262 e. The summed E-state index contributed by atoms with van der Waals surface area (Å²) in [6.45, 7) is -0.0930. The zero-order valence-electron chi connectivity index (χ0n) is 16.4. The molecule has 3 aromatic rings. The van der Waals surface area contributed by atoms with Crippen LogP contribution >= 0.6 is 0 Å². The number of rotatable bonds is 8. The molecule has 0 spiro atoms. The molecule has 0 saturated carbocycles. The van der Waals surface area contributed by atoms with E-state index in [1.54, 1.807) is 73.8 Å². The molecule has 0 atom stereocenters. The number of carbonyl (C=O) groups excluding carboxylic acids is 2. The summed E-state index contributed by atoms with van der Waals surface area (Å²) in [6.07, 6.45) is 0. The normalized spacial score (nSPS) is 10.2. The van der Waals surface area contributed by atoms with Gasteiger partial charge >= 0.3 is 0 Å². The van der Waals surface area contributed by atoms with Crippen LogP contribution in [0.25, 0.3) is 0 Å². The predicted molar refractivity (Wildman–Crippen MR) is 111 cm³/mol. The molecule has 3 rings (SSSR count). The summed E-state index contributed by atoms with van der Waals surface area (Å²) in [5.74, 6) is 0.0586. The van der Waals surface area contributed by atoms with Gasteiger partial charge in [0.2, 0.25) is 0 Å². The second-order valence-electron chi connectivity index (χ2n) is 6.37. The lowest BCUT2D eigenvalue weighted by Crippen LogP contribution is -2.23.